The third kappa shape index (κ3) is 3.46. The van der Waals surface area contributed by atoms with E-state index in [4.69, 9.17) is 23.2 Å². The first kappa shape index (κ1) is 13.8. The Morgan fingerprint density at radius 2 is 1.84 bits per heavy atom. The molecule has 2 aromatic rings. The molecule has 1 N–H and O–H groups in total. The number of halogens is 3. The Balaban J connectivity index is 2.15. The van der Waals surface area contributed by atoms with E-state index in [1.165, 1.54) is 12.1 Å². The van der Waals surface area contributed by atoms with Gasteiger partial charge in [0.1, 0.15) is 5.82 Å². The number of rotatable bonds is 3. The molecule has 0 unspecified atom stereocenters. The molecule has 0 heterocycles. The summed E-state index contributed by atoms with van der Waals surface area (Å²) in [5, 5.41) is 2.77. The molecule has 0 aromatic heterocycles. The molecule has 0 aliphatic carbocycles. The van der Waals surface area contributed by atoms with Crippen LogP contribution in [0.15, 0.2) is 42.5 Å². The molecule has 0 radical (unpaired) electrons. The standard InChI is InChI=1S/C14H10Cl2FNO/c15-8-9-1-3-10(4-2-9)14(19)18-13-6-5-11(16)7-12(13)17/h1-7H,8H2,(H,18,19). The minimum Gasteiger partial charge on any atom is -0.319 e. The Kier molecular flexibility index (Phi) is 4.40. The fourth-order valence-electron chi connectivity index (χ4n) is 1.53. The lowest BCUT2D eigenvalue weighted by atomic mass is 10.1. The highest BCUT2D eigenvalue weighted by Gasteiger charge is 2.09. The maximum Gasteiger partial charge on any atom is 0.255 e. The van der Waals surface area contributed by atoms with Crippen molar-refractivity contribution in [3.8, 4) is 0 Å². The van der Waals surface area contributed by atoms with E-state index in [9.17, 15) is 9.18 Å². The van der Waals surface area contributed by atoms with E-state index >= 15 is 0 Å². The molecule has 0 aliphatic heterocycles. The van der Waals surface area contributed by atoms with E-state index < -0.39 is 5.82 Å². The van der Waals surface area contributed by atoms with Crippen molar-refractivity contribution in [3.63, 3.8) is 0 Å². The van der Waals surface area contributed by atoms with E-state index in [-0.39, 0.29) is 16.6 Å². The predicted molar refractivity (Wildman–Crippen MR) is 75.4 cm³/mol. The monoisotopic (exact) mass is 297 g/mol. The van der Waals surface area contributed by atoms with E-state index in [0.717, 1.165) is 11.6 Å². The van der Waals surface area contributed by atoms with Crippen LogP contribution in [0.4, 0.5) is 10.1 Å². The molecule has 0 bridgehead atoms. The molecule has 0 aliphatic rings. The van der Waals surface area contributed by atoms with Crippen LogP contribution in [-0.2, 0) is 5.88 Å². The number of hydrogen-bond acceptors (Lipinski definition) is 1. The number of amides is 1. The molecule has 0 spiro atoms. The van der Waals surface area contributed by atoms with Crippen LogP contribution in [-0.4, -0.2) is 5.91 Å². The van der Waals surface area contributed by atoms with E-state index in [1.807, 2.05) is 0 Å². The van der Waals surface area contributed by atoms with Gasteiger partial charge in [0.15, 0.2) is 0 Å². The average Bonchev–Trinajstić information content (AvgIpc) is 2.42. The van der Waals surface area contributed by atoms with Crippen molar-refractivity contribution in [2.75, 3.05) is 5.32 Å². The van der Waals surface area contributed by atoms with Crippen molar-refractivity contribution >= 4 is 34.8 Å². The summed E-state index contributed by atoms with van der Waals surface area (Å²) in [5.41, 5.74) is 1.44. The van der Waals surface area contributed by atoms with Gasteiger partial charge in [0, 0.05) is 16.5 Å². The molecule has 0 fully saturated rings. The molecule has 98 valence electrons. The summed E-state index contributed by atoms with van der Waals surface area (Å²) in [4.78, 5) is 11.9. The van der Waals surface area contributed by atoms with Crippen LogP contribution in [0.1, 0.15) is 15.9 Å². The quantitative estimate of drug-likeness (QED) is 0.832. The molecule has 0 saturated carbocycles. The normalized spacial score (nSPS) is 10.3. The third-order valence-corrected chi connectivity index (χ3v) is 3.09. The van der Waals surface area contributed by atoms with Gasteiger partial charge in [-0.1, -0.05) is 23.7 Å². The Labute approximate surface area is 120 Å². The van der Waals surface area contributed by atoms with Gasteiger partial charge in [0.05, 0.1) is 5.69 Å². The molecule has 0 saturated heterocycles. The Hall–Kier alpha value is -1.58. The number of benzene rings is 2. The minimum absolute atomic E-state index is 0.0934. The molecule has 2 nitrogen and oxygen atoms in total. The molecule has 19 heavy (non-hydrogen) atoms. The van der Waals surface area contributed by atoms with Crippen LogP contribution >= 0.6 is 23.2 Å². The molecule has 5 heteroatoms. The third-order valence-electron chi connectivity index (χ3n) is 2.55. The zero-order valence-electron chi connectivity index (χ0n) is 9.79. The van der Waals surface area contributed by atoms with Crippen molar-refractivity contribution in [2.45, 2.75) is 5.88 Å². The molecule has 0 atom stereocenters. The number of carbonyl (C=O) groups is 1. The number of alkyl halides is 1. The van der Waals surface area contributed by atoms with Gasteiger partial charge >= 0.3 is 0 Å². The topological polar surface area (TPSA) is 29.1 Å². The van der Waals surface area contributed by atoms with Gasteiger partial charge in [0.25, 0.3) is 5.91 Å². The summed E-state index contributed by atoms with van der Waals surface area (Å²) in [6.45, 7) is 0. The highest BCUT2D eigenvalue weighted by molar-refractivity contribution is 6.30. The number of nitrogens with one attached hydrogen (secondary N) is 1. The maximum atomic E-state index is 13.5. The molecular weight excluding hydrogens is 288 g/mol. The van der Waals surface area contributed by atoms with Gasteiger partial charge in [-0.3, -0.25) is 4.79 Å². The SMILES string of the molecule is O=C(Nc1ccc(Cl)cc1F)c1ccc(CCl)cc1. The first-order valence-electron chi connectivity index (χ1n) is 5.51. The second kappa shape index (κ2) is 6.04. The summed E-state index contributed by atoms with van der Waals surface area (Å²) in [6.07, 6.45) is 0. The largest absolute Gasteiger partial charge is 0.319 e. The number of carbonyl (C=O) groups excluding carboxylic acids is 1. The molecular formula is C14H10Cl2FNO. The lowest BCUT2D eigenvalue weighted by Gasteiger charge is -2.07. The van der Waals surface area contributed by atoms with Gasteiger partial charge in [-0.15, -0.1) is 11.6 Å². The van der Waals surface area contributed by atoms with E-state index in [2.05, 4.69) is 5.32 Å². The summed E-state index contributed by atoms with van der Waals surface area (Å²) in [7, 11) is 0. The van der Waals surface area contributed by atoms with Gasteiger partial charge in [-0.05, 0) is 35.9 Å². The van der Waals surface area contributed by atoms with E-state index in [1.54, 1.807) is 24.3 Å². The Morgan fingerprint density at radius 3 is 2.42 bits per heavy atom. The van der Waals surface area contributed by atoms with Crippen LogP contribution in [0.2, 0.25) is 5.02 Å². The maximum absolute atomic E-state index is 13.5. The van der Waals surface area contributed by atoms with Crippen LogP contribution in [0.3, 0.4) is 0 Å². The van der Waals surface area contributed by atoms with Crippen molar-refractivity contribution in [1.82, 2.24) is 0 Å². The van der Waals surface area contributed by atoms with Crippen molar-refractivity contribution in [2.24, 2.45) is 0 Å². The summed E-state index contributed by atoms with van der Waals surface area (Å²) in [6, 6.07) is 10.9. The first-order valence-corrected chi connectivity index (χ1v) is 6.42. The molecule has 1 amide bonds. The predicted octanol–water partition coefficient (Wildman–Crippen LogP) is 4.47. The summed E-state index contributed by atoms with van der Waals surface area (Å²) >= 11 is 11.3. The van der Waals surface area contributed by atoms with Crippen molar-refractivity contribution < 1.29 is 9.18 Å². The first-order chi connectivity index (χ1) is 9.10. The van der Waals surface area contributed by atoms with Gasteiger partial charge in [-0.2, -0.15) is 0 Å². The van der Waals surface area contributed by atoms with Gasteiger partial charge in [0.2, 0.25) is 0 Å². The summed E-state index contributed by atoms with van der Waals surface area (Å²) < 4.78 is 13.5. The summed E-state index contributed by atoms with van der Waals surface area (Å²) in [5.74, 6) is -0.575. The smallest absolute Gasteiger partial charge is 0.255 e. The minimum atomic E-state index is -0.571. The van der Waals surface area contributed by atoms with Crippen LogP contribution in [0.25, 0.3) is 0 Å². The van der Waals surface area contributed by atoms with Crippen LogP contribution < -0.4 is 5.32 Å². The average molecular weight is 298 g/mol. The molecule has 2 rings (SSSR count). The Morgan fingerprint density at radius 1 is 1.16 bits per heavy atom. The highest BCUT2D eigenvalue weighted by Crippen LogP contribution is 2.19. The fraction of sp³-hybridized carbons (Fsp3) is 0.0714. The lowest BCUT2D eigenvalue weighted by Crippen LogP contribution is -2.12. The van der Waals surface area contributed by atoms with E-state index in [0.29, 0.717) is 11.4 Å². The number of anilines is 1. The van der Waals surface area contributed by atoms with Gasteiger partial charge < -0.3 is 5.32 Å². The second-order valence-corrected chi connectivity index (χ2v) is 4.61. The highest BCUT2D eigenvalue weighted by atomic mass is 35.5. The van der Waals surface area contributed by atoms with Gasteiger partial charge in [-0.25, -0.2) is 4.39 Å². The second-order valence-electron chi connectivity index (χ2n) is 3.91. The van der Waals surface area contributed by atoms with Crippen LogP contribution in [0, 0.1) is 5.82 Å². The molecule has 2 aromatic carbocycles. The number of hydrogen-bond donors (Lipinski definition) is 1. The Bertz CT molecular complexity index is 599. The van der Waals surface area contributed by atoms with Crippen molar-refractivity contribution in [3.05, 3.63) is 64.4 Å². The van der Waals surface area contributed by atoms with Crippen molar-refractivity contribution in [1.29, 1.82) is 0 Å². The van der Waals surface area contributed by atoms with Crippen LogP contribution in [0.5, 0.6) is 0 Å². The lowest BCUT2D eigenvalue weighted by molar-refractivity contribution is 0.102. The fourth-order valence-corrected chi connectivity index (χ4v) is 1.87. The zero-order valence-corrected chi connectivity index (χ0v) is 11.3. The zero-order chi connectivity index (χ0) is 13.8.